The fourth-order valence-electron chi connectivity index (χ4n) is 7.58. The van der Waals surface area contributed by atoms with Gasteiger partial charge in [-0.3, -0.25) is 9.59 Å². The van der Waals surface area contributed by atoms with Gasteiger partial charge in [-0.1, -0.05) is 74.2 Å². The minimum absolute atomic E-state index is 0.0731. The quantitative estimate of drug-likeness (QED) is 0.416. The van der Waals surface area contributed by atoms with Crippen LogP contribution in [0.5, 0.6) is 0 Å². The summed E-state index contributed by atoms with van der Waals surface area (Å²) in [6.45, 7) is 6.42. The fourth-order valence-corrected chi connectivity index (χ4v) is 8.02. The molecule has 3 nitrogen and oxygen atoms in total. The molecule has 2 saturated carbocycles. The molecule has 1 unspecified atom stereocenters. The van der Waals surface area contributed by atoms with Crippen molar-refractivity contribution in [2.75, 3.05) is 0 Å². The highest BCUT2D eigenvalue weighted by Gasteiger charge is 2.57. The van der Waals surface area contributed by atoms with Gasteiger partial charge in [-0.2, -0.15) is 0 Å². The first kappa shape index (κ1) is 24.8. The van der Waals surface area contributed by atoms with Gasteiger partial charge >= 0.3 is 0 Å². The summed E-state index contributed by atoms with van der Waals surface area (Å²) in [6, 6.07) is 14.1. The minimum atomic E-state index is -0.403. The predicted octanol–water partition coefficient (Wildman–Crippen LogP) is 7.80. The van der Waals surface area contributed by atoms with Crippen molar-refractivity contribution in [1.82, 2.24) is 5.32 Å². The van der Waals surface area contributed by atoms with Crippen molar-refractivity contribution in [3.8, 4) is 0 Å². The van der Waals surface area contributed by atoms with E-state index in [-0.39, 0.29) is 41.4 Å². The maximum atomic E-state index is 13.3. The normalized spacial score (nSPS) is 34.5. The lowest BCUT2D eigenvalue weighted by atomic mass is 9.56. The van der Waals surface area contributed by atoms with Gasteiger partial charge in [0, 0.05) is 33.5 Å². The van der Waals surface area contributed by atoms with E-state index >= 15 is 0 Å². The van der Waals surface area contributed by atoms with E-state index in [4.69, 9.17) is 23.2 Å². The molecule has 1 amide bonds. The average Bonchev–Trinajstić information content (AvgIpc) is 3.41. The predicted molar refractivity (Wildman–Crippen MR) is 142 cm³/mol. The third kappa shape index (κ3) is 4.23. The van der Waals surface area contributed by atoms with Crippen molar-refractivity contribution in [3.05, 3.63) is 69.2 Å². The number of benzene rings is 2. The Labute approximate surface area is 219 Å². The molecular formula is C30H35Cl2NO2. The van der Waals surface area contributed by atoms with Crippen LogP contribution < -0.4 is 5.32 Å². The van der Waals surface area contributed by atoms with Crippen LogP contribution >= 0.6 is 23.2 Å². The van der Waals surface area contributed by atoms with E-state index < -0.39 is 5.41 Å². The van der Waals surface area contributed by atoms with Gasteiger partial charge in [0.15, 0.2) is 5.78 Å². The van der Waals surface area contributed by atoms with Crippen molar-refractivity contribution >= 4 is 34.9 Å². The van der Waals surface area contributed by atoms with Crippen LogP contribution in [0.15, 0.2) is 42.5 Å². The molecular weight excluding hydrogens is 477 g/mol. The first-order valence-electron chi connectivity index (χ1n) is 13.1. The standard InChI is InChI=1S/C30H35Cl2NO2/c1-4-18-6-5-7-22(18)28(34)20-10-13-23(25(32)16-20)24-14-15-30(3)27(17(2)33-29(30)35)26(24)19-8-11-21(31)12-9-19/h8-13,16-18,22,24,26-27H,4-7,14-15H2,1-3H3,(H,33,35)/t17-,18+,22?,24+,26+,27+,30-/m1/s1. The average molecular weight is 513 g/mol. The zero-order valence-corrected chi connectivity index (χ0v) is 22.3. The molecule has 3 fully saturated rings. The zero-order valence-electron chi connectivity index (χ0n) is 20.8. The molecule has 2 aliphatic carbocycles. The molecule has 7 atom stereocenters. The van der Waals surface area contributed by atoms with Gasteiger partial charge in [-0.25, -0.2) is 0 Å². The van der Waals surface area contributed by atoms with Crippen LogP contribution in [0.2, 0.25) is 10.0 Å². The maximum Gasteiger partial charge on any atom is 0.226 e. The van der Waals surface area contributed by atoms with E-state index in [9.17, 15) is 9.59 Å². The number of nitrogens with one attached hydrogen (secondary N) is 1. The number of fused-ring (bicyclic) bond motifs is 1. The van der Waals surface area contributed by atoms with E-state index in [0.717, 1.165) is 49.7 Å². The lowest BCUT2D eigenvalue weighted by Crippen LogP contribution is -2.42. The highest BCUT2D eigenvalue weighted by atomic mass is 35.5. The van der Waals surface area contributed by atoms with Gasteiger partial charge < -0.3 is 5.32 Å². The third-order valence-electron chi connectivity index (χ3n) is 9.41. The van der Waals surface area contributed by atoms with Crippen LogP contribution in [0.4, 0.5) is 0 Å². The summed E-state index contributed by atoms with van der Waals surface area (Å²) in [5, 5.41) is 4.59. The number of rotatable bonds is 5. The van der Waals surface area contributed by atoms with Gasteiger partial charge in [0.2, 0.25) is 5.91 Å². The van der Waals surface area contributed by atoms with Crippen LogP contribution in [0.1, 0.15) is 92.6 Å². The fraction of sp³-hybridized carbons (Fsp3) is 0.533. The van der Waals surface area contributed by atoms with Crippen LogP contribution in [-0.4, -0.2) is 17.7 Å². The summed E-state index contributed by atoms with van der Waals surface area (Å²) < 4.78 is 0. The molecule has 2 aromatic rings. The van der Waals surface area contributed by atoms with E-state index in [1.807, 2.05) is 24.3 Å². The van der Waals surface area contributed by atoms with E-state index in [2.05, 4.69) is 44.3 Å². The number of hydrogen-bond donors (Lipinski definition) is 1. The zero-order chi connectivity index (χ0) is 24.9. The lowest BCUT2D eigenvalue weighted by molar-refractivity contribution is -0.129. The van der Waals surface area contributed by atoms with Gasteiger partial charge in [-0.15, -0.1) is 0 Å². The summed E-state index contributed by atoms with van der Waals surface area (Å²) in [5.74, 6) is 1.44. The Bertz CT molecular complexity index is 1130. The maximum absolute atomic E-state index is 13.3. The molecule has 5 heteroatoms. The largest absolute Gasteiger partial charge is 0.353 e. The van der Waals surface area contributed by atoms with Crippen molar-refractivity contribution in [2.45, 2.75) is 77.2 Å². The summed E-state index contributed by atoms with van der Waals surface area (Å²) in [5.41, 5.74) is 2.60. The Hall–Kier alpha value is -1.84. The smallest absolute Gasteiger partial charge is 0.226 e. The molecule has 2 aromatic carbocycles. The minimum Gasteiger partial charge on any atom is -0.353 e. The second-order valence-electron chi connectivity index (χ2n) is 11.2. The van der Waals surface area contributed by atoms with Crippen molar-refractivity contribution < 1.29 is 9.59 Å². The van der Waals surface area contributed by atoms with Gasteiger partial charge in [0.25, 0.3) is 0 Å². The third-order valence-corrected chi connectivity index (χ3v) is 9.99. The highest BCUT2D eigenvalue weighted by Crippen LogP contribution is 2.59. The molecule has 5 rings (SSSR count). The Balaban J connectivity index is 1.52. The number of halogens is 2. The topological polar surface area (TPSA) is 46.2 Å². The van der Waals surface area contributed by atoms with E-state index in [0.29, 0.717) is 16.0 Å². The first-order chi connectivity index (χ1) is 16.7. The molecule has 1 heterocycles. The van der Waals surface area contributed by atoms with Crippen LogP contribution in [-0.2, 0) is 4.79 Å². The molecule has 3 aliphatic rings. The number of amides is 1. The molecule has 0 aromatic heterocycles. The SMILES string of the molecule is CC[C@H]1CCCC1C(=O)c1ccc([C@@H]2CC[C@@]3(C)C(=O)N[C@H](C)[C@H]3[C@H]2c2ccc(Cl)cc2)c(Cl)c1. The first-order valence-corrected chi connectivity index (χ1v) is 13.9. The lowest BCUT2D eigenvalue weighted by Gasteiger charge is -2.46. The Morgan fingerprint density at radius 2 is 1.83 bits per heavy atom. The second-order valence-corrected chi connectivity index (χ2v) is 12.1. The van der Waals surface area contributed by atoms with Gasteiger partial charge in [-0.05, 0) is 79.7 Å². The number of carbonyl (C=O) groups excluding carboxylic acids is 2. The van der Waals surface area contributed by atoms with Crippen LogP contribution in [0.3, 0.4) is 0 Å². The van der Waals surface area contributed by atoms with Crippen LogP contribution in [0, 0.1) is 23.2 Å². The van der Waals surface area contributed by atoms with Crippen molar-refractivity contribution in [2.24, 2.45) is 23.2 Å². The number of ketones is 1. The molecule has 0 spiro atoms. The van der Waals surface area contributed by atoms with E-state index in [1.54, 1.807) is 0 Å². The second kappa shape index (κ2) is 9.56. The molecule has 0 radical (unpaired) electrons. The molecule has 1 saturated heterocycles. The molecule has 1 N–H and O–H groups in total. The molecule has 1 aliphatic heterocycles. The summed E-state index contributed by atoms with van der Waals surface area (Å²) in [4.78, 5) is 26.3. The number of Topliss-reactive ketones (excluding diaryl/α,β-unsaturated/α-hetero) is 1. The summed E-state index contributed by atoms with van der Waals surface area (Å²) in [7, 11) is 0. The van der Waals surface area contributed by atoms with Crippen LogP contribution in [0.25, 0.3) is 0 Å². The van der Waals surface area contributed by atoms with Gasteiger partial charge in [0.05, 0.1) is 5.41 Å². The Morgan fingerprint density at radius 1 is 1.09 bits per heavy atom. The Kier molecular flexibility index (Phi) is 6.78. The van der Waals surface area contributed by atoms with Gasteiger partial charge in [0.1, 0.15) is 0 Å². The monoisotopic (exact) mass is 511 g/mol. The van der Waals surface area contributed by atoms with E-state index in [1.165, 1.54) is 5.56 Å². The molecule has 0 bridgehead atoms. The number of carbonyl (C=O) groups is 2. The highest BCUT2D eigenvalue weighted by molar-refractivity contribution is 6.32. The number of hydrogen-bond acceptors (Lipinski definition) is 2. The summed E-state index contributed by atoms with van der Waals surface area (Å²) in [6.07, 6.45) is 6.01. The molecule has 35 heavy (non-hydrogen) atoms. The van der Waals surface area contributed by atoms with Crippen molar-refractivity contribution in [3.63, 3.8) is 0 Å². The molecule has 186 valence electrons. The Morgan fingerprint density at radius 3 is 2.51 bits per heavy atom. The van der Waals surface area contributed by atoms with Crippen molar-refractivity contribution in [1.29, 1.82) is 0 Å². The summed E-state index contributed by atoms with van der Waals surface area (Å²) >= 11 is 13.2.